The van der Waals surface area contributed by atoms with Crippen LogP contribution < -0.4 is 5.32 Å². The zero-order valence-corrected chi connectivity index (χ0v) is 30.1. The summed E-state index contributed by atoms with van der Waals surface area (Å²) >= 11 is 1.85. The summed E-state index contributed by atoms with van der Waals surface area (Å²) in [6.45, 7) is 0. The number of nitrogens with zero attached hydrogens (tertiary/aromatic N) is 2. The molecule has 54 heavy (non-hydrogen) atoms. The van der Waals surface area contributed by atoms with Crippen molar-refractivity contribution in [3.05, 3.63) is 193 Å². The Balaban J connectivity index is 1.03. The second-order valence-corrected chi connectivity index (χ2v) is 15.2. The van der Waals surface area contributed by atoms with Gasteiger partial charge in [0, 0.05) is 36.9 Å². The molecule has 4 heteroatoms. The number of nitrogens with one attached hydrogen (secondary N) is 1. The molecular formula is C50H33N3S. The molecule has 1 atom stereocenters. The third kappa shape index (κ3) is 5.10. The van der Waals surface area contributed by atoms with Crippen molar-refractivity contribution in [2.24, 2.45) is 9.98 Å². The second kappa shape index (κ2) is 12.5. The molecule has 2 aliphatic rings. The monoisotopic (exact) mass is 707 g/mol. The van der Waals surface area contributed by atoms with Crippen LogP contribution in [0.3, 0.4) is 0 Å². The Morgan fingerprint density at radius 1 is 0.500 bits per heavy atom. The van der Waals surface area contributed by atoms with Gasteiger partial charge in [0.25, 0.3) is 0 Å². The Morgan fingerprint density at radius 3 is 1.81 bits per heavy atom. The van der Waals surface area contributed by atoms with Crippen molar-refractivity contribution in [1.29, 1.82) is 0 Å². The predicted octanol–water partition coefficient (Wildman–Crippen LogP) is 13.2. The van der Waals surface area contributed by atoms with E-state index in [1.54, 1.807) is 0 Å². The minimum absolute atomic E-state index is 0.308. The maximum atomic E-state index is 5.31. The molecule has 0 bridgehead atoms. The van der Waals surface area contributed by atoms with Gasteiger partial charge < -0.3 is 5.32 Å². The number of hydrogen-bond donors (Lipinski definition) is 1. The van der Waals surface area contributed by atoms with E-state index in [0.29, 0.717) is 0 Å². The Kier molecular flexibility index (Phi) is 7.17. The van der Waals surface area contributed by atoms with Gasteiger partial charge in [0.15, 0.2) is 5.84 Å². The lowest BCUT2D eigenvalue weighted by atomic mass is 9.91. The molecule has 0 saturated carbocycles. The zero-order valence-electron chi connectivity index (χ0n) is 29.3. The average molecular weight is 708 g/mol. The highest BCUT2D eigenvalue weighted by Crippen LogP contribution is 2.43. The summed E-state index contributed by atoms with van der Waals surface area (Å²) in [5.41, 5.74) is 8.12. The quantitative estimate of drug-likeness (QED) is 0.178. The van der Waals surface area contributed by atoms with E-state index < -0.39 is 0 Å². The van der Waals surface area contributed by atoms with Crippen molar-refractivity contribution in [3.8, 4) is 22.3 Å². The summed E-state index contributed by atoms with van der Waals surface area (Å²) < 4.78 is 2.53. The molecule has 1 unspecified atom stereocenters. The maximum absolute atomic E-state index is 5.31. The van der Waals surface area contributed by atoms with Crippen LogP contribution >= 0.6 is 11.3 Å². The van der Waals surface area contributed by atoms with E-state index in [1.165, 1.54) is 74.7 Å². The lowest BCUT2D eigenvalue weighted by Crippen LogP contribution is -2.33. The number of fused-ring (bicyclic) bond motifs is 9. The van der Waals surface area contributed by atoms with E-state index in [2.05, 4.69) is 175 Å². The second-order valence-electron chi connectivity index (χ2n) is 14.1. The van der Waals surface area contributed by atoms with Gasteiger partial charge in [-0.05, 0) is 85.3 Å². The number of benzene rings is 8. The van der Waals surface area contributed by atoms with E-state index in [9.17, 15) is 0 Å². The minimum atomic E-state index is -0.308. The molecule has 9 aromatic rings. The highest BCUT2D eigenvalue weighted by atomic mass is 32.1. The fraction of sp³-hybridized carbons (Fsp3) is 0.0400. The first-order valence-corrected chi connectivity index (χ1v) is 19.3. The molecule has 1 aliphatic heterocycles. The number of amidine groups is 2. The van der Waals surface area contributed by atoms with Gasteiger partial charge in [-0.15, -0.1) is 11.3 Å². The Morgan fingerprint density at radius 2 is 1.11 bits per heavy atom. The Labute approximate surface area is 317 Å². The van der Waals surface area contributed by atoms with E-state index in [-0.39, 0.29) is 6.17 Å². The summed E-state index contributed by atoms with van der Waals surface area (Å²) in [5.74, 6) is 1.64. The van der Waals surface area contributed by atoms with Crippen LogP contribution in [-0.4, -0.2) is 11.7 Å². The lowest BCUT2D eigenvalue weighted by molar-refractivity contribution is 0.679. The number of allylic oxidation sites excluding steroid dienone is 3. The van der Waals surface area contributed by atoms with Gasteiger partial charge in [-0.3, -0.25) is 0 Å². The number of thiophene rings is 1. The van der Waals surface area contributed by atoms with Crippen molar-refractivity contribution in [3.63, 3.8) is 0 Å². The Bertz CT molecular complexity index is 3060. The van der Waals surface area contributed by atoms with Gasteiger partial charge in [0.05, 0.1) is 0 Å². The summed E-state index contributed by atoms with van der Waals surface area (Å²) in [5, 5.41) is 14.0. The molecule has 3 nitrogen and oxygen atoms in total. The van der Waals surface area contributed by atoms with Crippen molar-refractivity contribution in [2.45, 2.75) is 12.6 Å². The minimum Gasteiger partial charge on any atom is -0.344 e. The highest BCUT2D eigenvalue weighted by molar-refractivity contribution is 7.25. The molecule has 1 aromatic heterocycles. The molecule has 1 aliphatic carbocycles. The molecule has 0 fully saturated rings. The summed E-state index contributed by atoms with van der Waals surface area (Å²) in [6.07, 6.45) is 6.94. The first-order chi connectivity index (χ1) is 26.7. The number of hydrogen-bond acceptors (Lipinski definition) is 4. The van der Waals surface area contributed by atoms with Gasteiger partial charge in [-0.25, -0.2) is 9.98 Å². The van der Waals surface area contributed by atoms with Crippen molar-refractivity contribution >= 4 is 75.5 Å². The van der Waals surface area contributed by atoms with Gasteiger partial charge in [0.2, 0.25) is 0 Å². The van der Waals surface area contributed by atoms with Crippen LogP contribution in [0.2, 0.25) is 0 Å². The van der Waals surface area contributed by atoms with Gasteiger partial charge in [0.1, 0.15) is 12.0 Å². The highest BCUT2D eigenvalue weighted by Gasteiger charge is 2.26. The fourth-order valence-corrected chi connectivity index (χ4v) is 9.50. The summed E-state index contributed by atoms with van der Waals surface area (Å²) in [6, 6.07) is 57.4. The number of aliphatic imine (C=N–C) groups is 2. The molecule has 1 N–H and O–H groups in total. The van der Waals surface area contributed by atoms with E-state index in [4.69, 9.17) is 9.98 Å². The molecule has 2 heterocycles. The predicted molar refractivity (Wildman–Crippen MR) is 231 cm³/mol. The molecule has 254 valence electrons. The molecule has 11 rings (SSSR count). The third-order valence-corrected chi connectivity index (χ3v) is 12.1. The molecule has 0 saturated heterocycles. The Hall–Kier alpha value is -6.62. The summed E-state index contributed by atoms with van der Waals surface area (Å²) in [7, 11) is 0. The fourth-order valence-electron chi connectivity index (χ4n) is 8.32. The van der Waals surface area contributed by atoms with Gasteiger partial charge >= 0.3 is 0 Å². The van der Waals surface area contributed by atoms with Crippen molar-refractivity contribution in [1.82, 2.24) is 5.32 Å². The molecule has 0 spiro atoms. The zero-order chi connectivity index (χ0) is 35.6. The molecule has 8 aromatic carbocycles. The first kappa shape index (κ1) is 31.0. The van der Waals surface area contributed by atoms with E-state index in [0.717, 1.165) is 34.8 Å². The van der Waals surface area contributed by atoms with Crippen LogP contribution in [0, 0.1) is 0 Å². The molecule has 0 radical (unpaired) electrons. The first-order valence-electron chi connectivity index (χ1n) is 18.5. The molecule has 0 amide bonds. The van der Waals surface area contributed by atoms with Crippen LogP contribution in [0.15, 0.2) is 192 Å². The largest absolute Gasteiger partial charge is 0.344 e. The lowest BCUT2D eigenvalue weighted by Gasteiger charge is -2.25. The van der Waals surface area contributed by atoms with Gasteiger partial charge in [-0.1, -0.05) is 152 Å². The average Bonchev–Trinajstić information content (AvgIpc) is 3.93. The van der Waals surface area contributed by atoms with E-state index in [1.807, 2.05) is 17.4 Å². The number of rotatable bonds is 5. The smallest absolute Gasteiger partial charge is 0.155 e. The standard InChI is InChI=1S/C50H33N3S/c1-2-12-33(13-3-1)48-51-49(34-14-4-5-15-34)53-50(52-48)44-29-36(30-46-47(44)42-20-10-11-21-45(42)54-46)32-24-22-31(23-25-32)35-26-27-41-39-18-7-6-16-37(39)38-17-8-9-19-40(38)43(41)28-35/h1-14,16-30,50H,15H2,(H,51,52,53). The summed E-state index contributed by atoms with van der Waals surface area (Å²) in [4.78, 5) is 10.4. The maximum Gasteiger partial charge on any atom is 0.155 e. The van der Waals surface area contributed by atoms with Gasteiger partial charge in [-0.2, -0.15) is 0 Å². The normalized spacial score (nSPS) is 15.6. The van der Waals surface area contributed by atoms with Crippen LogP contribution in [0.1, 0.15) is 23.7 Å². The van der Waals surface area contributed by atoms with Crippen LogP contribution in [0.25, 0.3) is 74.7 Å². The topological polar surface area (TPSA) is 36.8 Å². The van der Waals surface area contributed by atoms with E-state index >= 15 is 0 Å². The SMILES string of the molecule is C1=CCC(C2=NC(c3cc(-c4ccc(-c5ccc6c7ccccc7c7ccccc7c6c5)cc4)cc4sc5ccccc5c34)NC(c3ccccc3)=N2)=C1. The molecular weight excluding hydrogens is 675 g/mol. The van der Waals surface area contributed by atoms with Crippen molar-refractivity contribution in [2.75, 3.05) is 0 Å². The van der Waals surface area contributed by atoms with Crippen LogP contribution in [0.5, 0.6) is 0 Å². The van der Waals surface area contributed by atoms with Crippen LogP contribution in [0.4, 0.5) is 0 Å². The van der Waals surface area contributed by atoms with Crippen molar-refractivity contribution < 1.29 is 0 Å². The van der Waals surface area contributed by atoms with Crippen LogP contribution in [-0.2, 0) is 0 Å². The third-order valence-electron chi connectivity index (χ3n) is 10.9.